The van der Waals surface area contributed by atoms with E-state index in [1.165, 1.54) is 4.57 Å². The van der Waals surface area contributed by atoms with Crippen LogP contribution in [0.3, 0.4) is 0 Å². The van der Waals surface area contributed by atoms with E-state index >= 15 is 0 Å². The molecule has 0 fully saturated rings. The highest BCUT2D eigenvalue weighted by Gasteiger charge is 2.25. The van der Waals surface area contributed by atoms with E-state index in [9.17, 15) is 9.35 Å². The molecule has 0 saturated carbocycles. The summed E-state index contributed by atoms with van der Waals surface area (Å²) in [6.45, 7) is 5.62. The van der Waals surface area contributed by atoms with Crippen LogP contribution >= 0.6 is 0 Å². The maximum Gasteiger partial charge on any atom is 0.258 e. The summed E-state index contributed by atoms with van der Waals surface area (Å²) in [5.41, 5.74) is 0.757. The van der Waals surface area contributed by atoms with Gasteiger partial charge >= 0.3 is 0 Å². The zero-order valence-electron chi connectivity index (χ0n) is 12.1. The molecule has 1 aromatic carbocycles. The van der Waals surface area contributed by atoms with Crippen molar-refractivity contribution in [3.63, 3.8) is 0 Å². The van der Waals surface area contributed by atoms with Crippen LogP contribution in [0.4, 0.5) is 0 Å². The highest BCUT2D eigenvalue weighted by Crippen LogP contribution is 2.18. The second kappa shape index (κ2) is 5.42. The molecular formula is C15H18N2O2S. The Kier molecular flexibility index (Phi) is 4.01. The predicted octanol–water partition coefficient (Wildman–Crippen LogP) is 2.42. The molecule has 0 radical (unpaired) electrons. The van der Waals surface area contributed by atoms with Crippen molar-refractivity contribution in [1.82, 2.24) is 4.57 Å². The summed E-state index contributed by atoms with van der Waals surface area (Å²) in [6, 6.07) is 7.34. The van der Waals surface area contributed by atoms with E-state index < -0.39 is 16.1 Å². The average Bonchev–Trinajstić information content (AvgIpc) is 2.39. The number of nitrogens with zero attached hydrogens (tertiary/aromatic N) is 2. The average molecular weight is 290 g/mol. The van der Waals surface area contributed by atoms with Gasteiger partial charge in [0.05, 0.1) is 6.21 Å². The van der Waals surface area contributed by atoms with Crippen LogP contribution in [0.15, 0.2) is 39.7 Å². The van der Waals surface area contributed by atoms with Gasteiger partial charge in [-0.25, -0.2) is 0 Å². The van der Waals surface area contributed by atoms with Crippen LogP contribution in [0.5, 0.6) is 0 Å². The van der Waals surface area contributed by atoms with Crippen LogP contribution < -0.4 is 5.56 Å². The first-order chi connectivity index (χ1) is 9.30. The van der Waals surface area contributed by atoms with Crippen molar-refractivity contribution in [3.05, 3.63) is 46.4 Å². The number of fused-ring (bicyclic) bond motifs is 1. The molecule has 1 atom stereocenters. The fraction of sp³-hybridized carbons (Fsp3) is 0.333. The zero-order valence-corrected chi connectivity index (χ0v) is 12.9. The van der Waals surface area contributed by atoms with Gasteiger partial charge in [0.1, 0.15) is 16.1 Å². The quantitative estimate of drug-likeness (QED) is 0.630. The van der Waals surface area contributed by atoms with Gasteiger partial charge in [0, 0.05) is 24.2 Å². The number of aryl methyl sites for hydroxylation is 1. The topological polar surface area (TPSA) is 57.4 Å². The van der Waals surface area contributed by atoms with Crippen molar-refractivity contribution in [2.45, 2.75) is 25.5 Å². The molecule has 0 spiro atoms. The molecule has 2 rings (SSSR count). The van der Waals surface area contributed by atoms with Crippen LogP contribution in [0.2, 0.25) is 0 Å². The molecule has 2 aromatic rings. The maximum absolute atomic E-state index is 12.0. The van der Waals surface area contributed by atoms with E-state index in [4.69, 9.17) is 0 Å². The Morgan fingerprint density at radius 3 is 2.60 bits per heavy atom. The Morgan fingerprint density at radius 2 is 1.95 bits per heavy atom. The fourth-order valence-electron chi connectivity index (χ4n) is 1.77. The number of aromatic nitrogens is 1. The summed E-state index contributed by atoms with van der Waals surface area (Å²) in [4.78, 5) is 12.0. The first kappa shape index (κ1) is 14.8. The highest BCUT2D eigenvalue weighted by atomic mass is 32.2. The van der Waals surface area contributed by atoms with Crippen molar-refractivity contribution in [2.24, 2.45) is 11.4 Å². The lowest BCUT2D eigenvalue weighted by molar-refractivity contribution is 0.562. The van der Waals surface area contributed by atoms with Crippen molar-refractivity contribution < 1.29 is 4.55 Å². The summed E-state index contributed by atoms with van der Waals surface area (Å²) < 4.78 is 17.2. The molecule has 0 aliphatic rings. The minimum absolute atomic E-state index is 0.0466. The molecule has 0 N–H and O–H groups in total. The van der Waals surface area contributed by atoms with Gasteiger partial charge in [-0.3, -0.25) is 4.79 Å². The Labute approximate surface area is 121 Å². The van der Waals surface area contributed by atoms with Crippen molar-refractivity contribution in [2.75, 3.05) is 0 Å². The van der Waals surface area contributed by atoms with Gasteiger partial charge in [-0.2, -0.15) is 0 Å². The van der Waals surface area contributed by atoms with Crippen LogP contribution in [0, 0.1) is 0 Å². The van der Waals surface area contributed by atoms with E-state index in [0.29, 0.717) is 5.39 Å². The molecule has 0 amide bonds. The molecule has 0 aliphatic heterocycles. The third-order valence-corrected chi connectivity index (χ3v) is 4.31. The first-order valence-corrected chi connectivity index (χ1v) is 7.46. The molecule has 1 unspecified atom stereocenters. The van der Waals surface area contributed by atoms with Crippen LogP contribution in [-0.2, 0) is 18.4 Å². The first-order valence-electron chi connectivity index (χ1n) is 6.35. The summed E-state index contributed by atoms with van der Waals surface area (Å²) in [6.07, 6.45) is 3.31. The van der Waals surface area contributed by atoms with Crippen molar-refractivity contribution >= 4 is 28.3 Å². The molecule has 20 heavy (non-hydrogen) atoms. The number of benzene rings is 1. The Balaban J connectivity index is 2.49. The lowest BCUT2D eigenvalue weighted by atomic mass is 10.1. The van der Waals surface area contributed by atoms with E-state index in [0.717, 1.165) is 10.9 Å². The van der Waals surface area contributed by atoms with E-state index in [2.05, 4.69) is 4.40 Å². The third kappa shape index (κ3) is 2.94. The van der Waals surface area contributed by atoms with E-state index in [1.54, 1.807) is 25.5 Å². The van der Waals surface area contributed by atoms with Gasteiger partial charge in [0.15, 0.2) is 0 Å². The molecule has 0 bridgehead atoms. The summed E-state index contributed by atoms with van der Waals surface area (Å²) >= 11 is -1.30. The molecule has 4 nitrogen and oxygen atoms in total. The molecule has 0 aliphatic carbocycles. The summed E-state index contributed by atoms with van der Waals surface area (Å²) in [7, 11) is 1.72. The lowest BCUT2D eigenvalue weighted by Crippen LogP contribution is -2.25. The standard InChI is InChI=1S/C15H18N2O2S/c1-15(2,3)20(19)16-10-11-6-5-7-13-12(11)8-9-17(4)14(13)18/h5-10H,1-4H3. The zero-order chi connectivity index (χ0) is 14.9. The van der Waals surface area contributed by atoms with Gasteiger partial charge < -0.3 is 9.12 Å². The third-order valence-electron chi connectivity index (χ3n) is 2.97. The highest BCUT2D eigenvalue weighted by molar-refractivity contribution is 7.91. The summed E-state index contributed by atoms with van der Waals surface area (Å²) in [5.74, 6) is 0. The number of hydrogen-bond acceptors (Lipinski definition) is 3. The van der Waals surface area contributed by atoms with Crippen LogP contribution in [0.25, 0.3) is 10.8 Å². The second-order valence-electron chi connectivity index (χ2n) is 5.64. The molecule has 1 heterocycles. The largest absolute Gasteiger partial charge is 0.591 e. The van der Waals surface area contributed by atoms with Crippen LogP contribution in [0.1, 0.15) is 26.3 Å². The van der Waals surface area contributed by atoms with E-state index in [-0.39, 0.29) is 5.56 Å². The predicted molar refractivity (Wildman–Crippen MR) is 84.7 cm³/mol. The molecule has 1 aromatic heterocycles. The van der Waals surface area contributed by atoms with E-state index in [1.807, 2.05) is 39.0 Å². The second-order valence-corrected chi connectivity index (χ2v) is 7.57. The molecule has 0 saturated heterocycles. The number of hydrogen-bond donors (Lipinski definition) is 0. The normalized spacial score (nSPS) is 14.1. The minimum atomic E-state index is -1.30. The van der Waals surface area contributed by atoms with Gasteiger partial charge in [-0.05, 0) is 38.3 Å². The number of pyridine rings is 1. The molecular weight excluding hydrogens is 272 g/mol. The smallest absolute Gasteiger partial charge is 0.258 e. The lowest BCUT2D eigenvalue weighted by Gasteiger charge is -2.17. The van der Waals surface area contributed by atoms with Gasteiger partial charge in [0.25, 0.3) is 5.56 Å². The Morgan fingerprint density at radius 1 is 1.25 bits per heavy atom. The SMILES string of the molecule is Cn1ccc2c(C=N[S+]([O-])C(C)(C)C)cccc2c1=O. The minimum Gasteiger partial charge on any atom is -0.591 e. The molecule has 106 valence electrons. The number of rotatable bonds is 2. The van der Waals surface area contributed by atoms with Gasteiger partial charge in [-0.15, -0.1) is 0 Å². The summed E-state index contributed by atoms with van der Waals surface area (Å²) in [5, 5.41) is 1.46. The Bertz CT molecular complexity index is 714. The van der Waals surface area contributed by atoms with Crippen molar-refractivity contribution in [1.29, 1.82) is 0 Å². The monoisotopic (exact) mass is 290 g/mol. The fourth-order valence-corrected chi connectivity index (χ4v) is 2.30. The van der Waals surface area contributed by atoms with Gasteiger partial charge in [-0.1, -0.05) is 16.5 Å². The van der Waals surface area contributed by atoms with Crippen molar-refractivity contribution in [3.8, 4) is 0 Å². The van der Waals surface area contributed by atoms with Gasteiger partial charge in [0.2, 0.25) is 0 Å². The maximum atomic E-state index is 12.0. The molecule has 5 heteroatoms. The van der Waals surface area contributed by atoms with Crippen LogP contribution in [-0.4, -0.2) is 20.1 Å². The Hall–Kier alpha value is -1.59.